The van der Waals surface area contributed by atoms with Crippen molar-refractivity contribution < 1.29 is 19.1 Å². The number of carbonyl (C=O) groups excluding carboxylic acids is 2. The number of carbonyl (C=O) groups is 2. The lowest BCUT2D eigenvalue weighted by Crippen LogP contribution is -2.67. The molecule has 8 heteroatoms. The number of benzene rings is 3. The quantitative estimate of drug-likeness (QED) is 0.259. The van der Waals surface area contributed by atoms with Crippen LogP contribution in [-0.4, -0.2) is 64.4 Å². The SMILES string of the molecule is COc1cc(C2CN3C(=O)CN(CCc4c[nH]c5ccccc45)C(=O)[C@]3(C)c3[nH]c4ccccc4c32)ccc1OC(C)C. The minimum Gasteiger partial charge on any atom is -0.493 e. The smallest absolute Gasteiger partial charge is 0.254 e. The van der Waals surface area contributed by atoms with Crippen LogP contribution in [0.3, 0.4) is 0 Å². The van der Waals surface area contributed by atoms with Crippen molar-refractivity contribution >= 4 is 33.6 Å². The fourth-order valence-corrected chi connectivity index (χ4v) is 7.00. The van der Waals surface area contributed by atoms with Crippen LogP contribution in [0, 0.1) is 0 Å². The maximum Gasteiger partial charge on any atom is 0.254 e. The predicted octanol–water partition coefficient (Wildman–Crippen LogP) is 5.72. The summed E-state index contributed by atoms with van der Waals surface area (Å²) in [5.41, 5.74) is 4.84. The Bertz CT molecular complexity index is 1870. The summed E-state index contributed by atoms with van der Waals surface area (Å²) >= 11 is 0. The fourth-order valence-electron chi connectivity index (χ4n) is 7.00. The van der Waals surface area contributed by atoms with Crippen LogP contribution < -0.4 is 9.47 Å². The van der Waals surface area contributed by atoms with E-state index < -0.39 is 5.54 Å². The second-order valence-electron chi connectivity index (χ2n) is 12.0. The highest BCUT2D eigenvalue weighted by atomic mass is 16.5. The Morgan fingerprint density at radius 3 is 2.49 bits per heavy atom. The van der Waals surface area contributed by atoms with Crippen LogP contribution >= 0.6 is 0 Å². The molecule has 2 amide bonds. The predicted molar refractivity (Wildman–Crippen MR) is 167 cm³/mol. The van der Waals surface area contributed by atoms with Crippen molar-refractivity contribution in [2.75, 3.05) is 26.7 Å². The summed E-state index contributed by atoms with van der Waals surface area (Å²) in [6, 6.07) is 22.3. The molecule has 2 atom stereocenters. The Morgan fingerprint density at radius 1 is 0.977 bits per heavy atom. The summed E-state index contributed by atoms with van der Waals surface area (Å²) in [6.45, 7) is 6.77. The third-order valence-corrected chi connectivity index (χ3v) is 9.10. The molecule has 8 nitrogen and oxygen atoms in total. The number of nitrogens with one attached hydrogen (secondary N) is 2. The molecule has 2 aliphatic rings. The number of hydrogen-bond acceptors (Lipinski definition) is 4. The molecule has 2 aliphatic heterocycles. The van der Waals surface area contributed by atoms with E-state index >= 15 is 0 Å². The second kappa shape index (κ2) is 10.2. The van der Waals surface area contributed by atoms with E-state index in [-0.39, 0.29) is 30.4 Å². The van der Waals surface area contributed by atoms with E-state index in [4.69, 9.17) is 9.47 Å². The van der Waals surface area contributed by atoms with Gasteiger partial charge in [-0.3, -0.25) is 9.59 Å². The number of fused-ring (bicyclic) bond motifs is 6. The average Bonchev–Trinajstić information content (AvgIpc) is 3.61. The van der Waals surface area contributed by atoms with Crippen LogP contribution in [0.1, 0.15) is 49.1 Å². The molecule has 2 N–H and O–H groups in total. The van der Waals surface area contributed by atoms with Gasteiger partial charge in [0.15, 0.2) is 17.0 Å². The van der Waals surface area contributed by atoms with Crippen LogP contribution in [0.25, 0.3) is 21.8 Å². The Morgan fingerprint density at radius 2 is 1.72 bits per heavy atom. The van der Waals surface area contributed by atoms with E-state index in [0.717, 1.165) is 44.2 Å². The number of piperazine rings is 1. The van der Waals surface area contributed by atoms with Crippen molar-refractivity contribution in [3.8, 4) is 11.5 Å². The van der Waals surface area contributed by atoms with E-state index in [1.54, 1.807) is 16.9 Å². The van der Waals surface area contributed by atoms with Crippen molar-refractivity contribution in [2.45, 2.75) is 44.8 Å². The van der Waals surface area contributed by atoms with Crippen molar-refractivity contribution in [3.63, 3.8) is 0 Å². The molecule has 0 aliphatic carbocycles. The maximum atomic E-state index is 14.4. The number of aromatic amines is 2. The van der Waals surface area contributed by atoms with Crippen molar-refractivity contribution in [1.29, 1.82) is 0 Å². The Balaban J connectivity index is 1.29. The number of hydrogen-bond donors (Lipinski definition) is 2. The van der Waals surface area contributed by atoms with Crippen molar-refractivity contribution in [2.24, 2.45) is 0 Å². The molecule has 0 radical (unpaired) electrons. The largest absolute Gasteiger partial charge is 0.493 e. The van der Waals surface area contributed by atoms with Gasteiger partial charge in [0.1, 0.15) is 0 Å². The van der Waals surface area contributed by atoms with Crippen LogP contribution in [-0.2, 0) is 21.5 Å². The molecule has 0 spiro atoms. The van der Waals surface area contributed by atoms with E-state index in [2.05, 4.69) is 22.1 Å². The Kier molecular flexibility index (Phi) is 6.45. The van der Waals surface area contributed by atoms with Gasteiger partial charge < -0.3 is 29.2 Å². The number of rotatable bonds is 7. The average molecular weight is 577 g/mol. The van der Waals surface area contributed by atoms with Gasteiger partial charge in [-0.1, -0.05) is 42.5 Å². The third-order valence-electron chi connectivity index (χ3n) is 9.10. The van der Waals surface area contributed by atoms with Gasteiger partial charge in [-0.15, -0.1) is 0 Å². The van der Waals surface area contributed by atoms with E-state index in [1.165, 1.54) is 0 Å². The zero-order chi connectivity index (χ0) is 29.9. The van der Waals surface area contributed by atoms with Gasteiger partial charge in [0, 0.05) is 47.0 Å². The lowest BCUT2D eigenvalue weighted by Gasteiger charge is -2.51. The minimum atomic E-state index is -1.15. The number of ether oxygens (including phenoxy) is 2. The number of methoxy groups -OCH3 is 1. The number of H-pyrrole nitrogens is 2. The zero-order valence-corrected chi connectivity index (χ0v) is 24.9. The number of para-hydroxylation sites is 2. The van der Waals surface area contributed by atoms with Crippen LogP contribution in [0.15, 0.2) is 72.9 Å². The molecule has 220 valence electrons. The molecular weight excluding hydrogens is 540 g/mol. The van der Waals surface area contributed by atoms with Crippen LogP contribution in [0.2, 0.25) is 0 Å². The molecule has 1 saturated heterocycles. The molecule has 1 unspecified atom stereocenters. The van der Waals surface area contributed by atoms with Gasteiger partial charge in [0.05, 0.1) is 25.5 Å². The second-order valence-corrected chi connectivity index (χ2v) is 12.0. The summed E-state index contributed by atoms with van der Waals surface area (Å²) in [7, 11) is 1.64. The standard InChI is InChI=1S/C35H36N4O4/c1-21(2)43-29-14-13-22(17-30(29)42-4)26-19-39-31(40)20-38(16-15-23-18-36-27-11-7-5-9-24(23)27)34(41)35(39,3)33-32(26)25-10-6-8-12-28(25)37-33/h5-14,17-18,21,26,36-37H,15-16,19-20H2,1-4H3/t26?,35-/m0/s1. The minimum absolute atomic E-state index is 0.00579. The van der Waals surface area contributed by atoms with E-state index in [1.807, 2.05) is 81.6 Å². The molecular formula is C35H36N4O4. The lowest BCUT2D eigenvalue weighted by molar-refractivity contribution is -0.166. The Hall–Kier alpha value is -4.72. The summed E-state index contributed by atoms with van der Waals surface area (Å²) in [5.74, 6) is 1.05. The molecule has 0 saturated carbocycles. The third kappa shape index (κ3) is 4.27. The highest BCUT2D eigenvalue weighted by molar-refractivity contribution is 6.01. The van der Waals surface area contributed by atoms with Crippen molar-refractivity contribution in [1.82, 2.24) is 19.8 Å². The first-order chi connectivity index (χ1) is 20.8. The number of aromatic nitrogens is 2. The molecule has 7 rings (SSSR count). The fraction of sp³-hybridized carbons (Fsp3) is 0.314. The molecule has 2 aromatic heterocycles. The van der Waals surface area contributed by atoms with Gasteiger partial charge >= 0.3 is 0 Å². The molecule has 5 aromatic rings. The molecule has 43 heavy (non-hydrogen) atoms. The van der Waals surface area contributed by atoms with Crippen LogP contribution in [0.5, 0.6) is 11.5 Å². The van der Waals surface area contributed by atoms with Gasteiger partial charge in [0.25, 0.3) is 5.91 Å². The van der Waals surface area contributed by atoms with Gasteiger partial charge in [-0.2, -0.15) is 0 Å². The van der Waals surface area contributed by atoms with Gasteiger partial charge in [0.2, 0.25) is 5.91 Å². The highest BCUT2D eigenvalue weighted by Crippen LogP contribution is 2.49. The highest BCUT2D eigenvalue weighted by Gasteiger charge is 2.56. The normalized spacial score (nSPS) is 20.2. The van der Waals surface area contributed by atoms with Crippen LogP contribution in [0.4, 0.5) is 0 Å². The number of amides is 2. The molecule has 1 fully saturated rings. The number of nitrogens with zero attached hydrogens (tertiary/aromatic N) is 2. The van der Waals surface area contributed by atoms with Gasteiger partial charge in [-0.25, -0.2) is 0 Å². The van der Waals surface area contributed by atoms with Crippen molar-refractivity contribution in [3.05, 3.63) is 95.3 Å². The zero-order valence-electron chi connectivity index (χ0n) is 24.9. The first kappa shape index (κ1) is 27.1. The lowest BCUT2D eigenvalue weighted by atomic mass is 9.76. The first-order valence-electron chi connectivity index (χ1n) is 14.9. The topological polar surface area (TPSA) is 90.7 Å². The summed E-state index contributed by atoms with van der Waals surface area (Å²) in [4.78, 5) is 38.8. The molecule has 0 bridgehead atoms. The molecule has 3 aromatic carbocycles. The van der Waals surface area contributed by atoms with Gasteiger partial charge in [-0.05, 0) is 68.1 Å². The maximum absolute atomic E-state index is 14.4. The summed E-state index contributed by atoms with van der Waals surface area (Å²) < 4.78 is 11.7. The summed E-state index contributed by atoms with van der Waals surface area (Å²) in [6.07, 6.45) is 2.67. The monoisotopic (exact) mass is 576 g/mol. The Labute approximate surface area is 250 Å². The van der Waals surface area contributed by atoms with E-state index in [9.17, 15) is 9.59 Å². The summed E-state index contributed by atoms with van der Waals surface area (Å²) in [5, 5.41) is 2.20. The first-order valence-corrected chi connectivity index (χ1v) is 14.9. The van der Waals surface area contributed by atoms with E-state index in [0.29, 0.717) is 31.0 Å². The molecule has 4 heterocycles.